The zero-order valence-corrected chi connectivity index (χ0v) is 12.8. The minimum Gasteiger partial charge on any atom is -0.389 e. The Kier molecular flexibility index (Phi) is 7.91. The maximum atomic E-state index is 9.87. The molecule has 114 valence electrons. The Labute approximate surface area is 117 Å². The first kappa shape index (κ1) is 16.9. The molecule has 1 aliphatic rings. The number of nitrogens with one attached hydrogen (secondary N) is 1. The van der Waals surface area contributed by atoms with Crippen molar-refractivity contribution < 1.29 is 14.6 Å². The maximum Gasteiger partial charge on any atom is 0.0897 e. The van der Waals surface area contributed by atoms with Gasteiger partial charge in [0.2, 0.25) is 0 Å². The van der Waals surface area contributed by atoms with Crippen LogP contribution in [0.25, 0.3) is 0 Å². The lowest BCUT2D eigenvalue weighted by molar-refractivity contribution is 0.00554. The Morgan fingerprint density at radius 2 is 2.21 bits per heavy atom. The molecule has 0 bridgehead atoms. The van der Waals surface area contributed by atoms with Gasteiger partial charge in [0.1, 0.15) is 0 Å². The van der Waals surface area contributed by atoms with Gasteiger partial charge in [-0.05, 0) is 38.5 Å². The van der Waals surface area contributed by atoms with E-state index in [1.807, 2.05) is 0 Å². The molecule has 0 aromatic rings. The summed E-state index contributed by atoms with van der Waals surface area (Å²) in [6.45, 7) is 9.91. The summed E-state index contributed by atoms with van der Waals surface area (Å²) in [4.78, 5) is 0. The molecule has 1 saturated heterocycles. The molecule has 0 aromatic carbocycles. The fourth-order valence-corrected chi connectivity index (χ4v) is 2.31. The number of aliphatic hydroxyl groups is 1. The maximum absolute atomic E-state index is 9.87. The van der Waals surface area contributed by atoms with Crippen LogP contribution < -0.4 is 5.32 Å². The van der Waals surface area contributed by atoms with Gasteiger partial charge in [0.05, 0.1) is 19.3 Å². The van der Waals surface area contributed by atoms with Crippen molar-refractivity contribution in [3.8, 4) is 0 Å². The number of rotatable bonds is 9. The van der Waals surface area contributed by atoms with Crippen LogP contribution in [0, 0.1) is 5.92 Å². The van der Waals surface area contributed by atoms with Crippen molar-refractivity contribution in [1.82, 2.24) is 5.32 Å². The van der Waals surface area contributed by atoms with Gasteiger partial charge in [0.25, 0.3) is 0 Å². The standard InChI is InChI=1S/C15H31NO3/c1-13(2)6-4-8-18-11-14(17)10-16-15(3)7-5-9-19-12-15/h13-14,16-17H,4-12H2,1-3H3. The molecule has 0 spiro atoms. The molecular formula is C15H31NO3. The van der Waals surface area contributed by atoms with E-state index < -0.39 is 6.10 Å². The first-order chi connectivity index (χ1) is 9.02. The summed E-state index contributed by atoms with van der Waals surface area (Å²) in [5, 5.41) is 13.3. The molecule has 0 amide bonds. The molecule has 1 fully saturated rings. The van der Waals surface area contributed by atoms with Crippen LogP contribution in [0.4, 0.5) is 0 Å². The quantitative estimate of drug-likeness (QED) is 0.631. The lowest BCUT2D eigenvalue weighted by atomic mass is 9.95. The summed E-state index contributed by atoms with van der Waals surface area (Å²) >= 11 is 0. The molecule has 1 rings (SSSR count). The van der Waals surface area contributed by atoms with Crippen LogP contribution in [-0.2, 0) is 9.47 Å². The van der Waals surface area contributed by atoms with Crippen molar-refractivity contribution >= 4 is 0 Å². The van der Waals surface area contributed by atoms with Crippen molar-refractivity contribution in [1.29, 1.82) is 0 Å². The van der Waals surface area contributed by atoms with Crippen LogP contribution in [0.5, 0.6) is 0 Å². The molecule has 0 saturated carbocycles. The summed E-state index contributed by atoms with van der Waals surface area (Å²) in [5.41, 5.74) is 0.0108. The van der Waals surface area contributed by atoms with Gasteiger partial charge >= 0.3 is 0 Å². The van der Waals surface area contributed by atoms with Crippen molar-refractivity contribution in [2.24, 2.45) is 5.92 Å². The van der Waals surface area contributed by atoms with E-state index in [1.165, 1.54) is 6.42 Å². The molecule has 0 aromatic heterocycles. The largest absolute Gasteiger partial charge is 0.389 e. The van der Waals surface area contributed by atoms with Gasteiger partial charge in [-0.1, -0.05) is 13.8 Å². The first-order valence-electron chi connectivity index (χ1n) is 7.60. The minimum absolute atomic E-state index is 0.0108. The van der Waals surface area contributed by atoms with Crippen molar-refractivity contribution in [3.05, 3.63) is 0 Å². The second-order valence-electron chi connectivity index (χ2n) is 6.36. The second kappa shape index (κ2) is 8.90. The highest BCUT2D eigenvalue weighted by Gasteiger charge is 2.27. The Morgan fingerprint density at radius 3 is 2.84 bits per heavy atom. The van der Waals surface area contributed by atoms with E-state index >= 15 is 0 Å². The predicted molar refractivity (Wildman–Crippen MR) is 77.4 cm³/mol. The zero-order valence-electron chi connectivity index (χ0n) is 12.8. The van der Waals surface area contributed by atoms with Crippen molar-refractivity contribution in [2.75, 3.05) is 33.0 Å². The van der Waals surface area contributed by atoms with Gasteiger partial charge in [-0.25, -0.2) is 0 Å². The highest BCUT2D eigenvalue weighted by molar-refractivity contribution is 4.86. The van der Waals surface area contributed by atoms with Gasteiger partial charge in [0.15, 0.2) is 0 Å². The van der Waals surface area contributed by atoms with Crippen LogP contribution in [0.1, 0.15) is 46.5 Å². The van der Waals surface area contributed by atoms with E-state index in [2.05, 4.69) is 26.1 Å². The number of hydrogen-bond donors (Lipinski definition) is 2. The van der Waals surface area contributed by atoms with E-state index in [0.717, 1.165) is 45.0 Å². The van der Waals surface area contributed by atoms with E-state index in [1.54, 1.807) is 0 Å². The Morgan fingerprint density at radius 1 is 1.42 bits per heavy atom. The number of ether oxygens (including phenoxy) is 2. The minimum atomic E-state index is -0.433. The summed E-state index contributed by atoms with van der Waals surface area (Å²) < 4.78 is 11.0. The summed E-state index contributed by atoms with van der Waals surface area (Å²) in [7, 11) is 0. The van der Waals surface area contributed by atoms with Gasteiger partial charge in [-0.2, -0.15) is 0 Å². The average molecular weight is 273 g/mol. The number of β-amino-alcohol motifs (C(OH)–C–C–N with tert-alkyl or cyclic N) is 1. The average Bonchev–Trinajstić information content (AvgIpc) is 2.37. The molecule has 1 heterocycles. The van der Waals surface area contributed by atoms with Gasteiger partial charge in [-0.15, -0.1) is 0 Å². The summed E-state index contributed by atoms with van der Waals surface area (Å²) in [5.74, 6) is 0.724. The van der Waals surface area contributed by atoms with Crippen LogP contribution in [0.2, 0.25) is 0 Å². The van der Waals surface area contributed by atoms with E-state index in [9.17, 15) is 5.11 Å². The molecular weight excluding hydrogens is 242 g/mol. The number of hydrogen-bond acceptors (Lipinski definition) is 4. The molecule has 1 aliphatic heterocycles. The van der Waals surface area contributed by atoms with Gasteiger partial charge < -0.3 is 19.9 Å². The normalized spacial score (nSPS) is 25.7. The van der Waals surface area contributed by atoms with Crippen molar-refractivity contribution in [2.45, 2.75) is 58.1 Å². The van der Waals surface area contributed by atoms with Gasteiger partial charge in [0, 0.05) is 25.3 Å². The third-order valence-electron chi connectivity index (χ3n) is 3.58. The third-order valence-corrected chi connectivity index (χ3v) is 3.58. The topological polar surface area (TPSA) is 50.7 Å². The first-order valence-corrected chi connectivity index (χ1v) is 7.60. The van der Waals surface area contributed by atoms with Crippen LogP contribution in [0.3, 0.4) is 0 Å². The Hall–Kier alpha value is -0.160. The molecule has 2 atom stereocenters. The lowest BCUT2D eigenvalue weighted by Crippen LogP contribution is -2.51. The monoisotopic (exact) mass is 273 g/mol. The van der Waals surface area contributed by atoms with Crippen molar-refractivity contribution in [3.63, 3.8) is 0 Å². The smallest absolute Gasteiger partial charge is 0.0897 e. The third kappa shape index (κ3) is 7.88. The fourth-order valence-electron chi connectivity index (χ4n) is 2.31. The Balaban J connectivity index is 2.02. The molecule has 2 unspecified atom stereocenters. The van der Waals surface area contributed by atoms with Crippen LogP contribution >= 0.6 is 0 Å². The molecule has 0 radical (unpaired) electrons. The fraction of sp³-hybridized carbons (Fsp3) is 1.00. The molecule has 4 nitrogen and oxygen atoms in total. The lowest BCUT2D eigenvalue weighted by Gasteiger charge is -2.35. The number of aliphatic hydroxyl groups excluding tert-OH is 1. The molecule has 19 heavy (non-hydrogen) atoms. The predicted octanol–water partition coefficient (Wildman–Crippen LogP) is 1.96. The van der Waals surface area contributed by atoms with Crippen LogP contribution in [0.15, 0.2) is 0 Å². The molecule has 2 N–H and O–H groups in total. The van der Waals surface area contributed by atoms with E-state index in [0.29, 0.717) is 13.2 Å². The molecule has 4 heteroatoms. The van der Waals surface area contributed by atoms with E-state index in [-0.39, 0.29) is 5.54 Å². The highest BCUT2D eigenvalue weighted by atomic mass is 16.5. The Bertz CT molecular complexity index is 227. The second-order valence-corrected chi connectivity index (χ2v) is 6.36. The summed E-state index contributed by atoms with van der Waals surface area (Å²) in [6, 6.07) is 0. The van der Waals surface area contributed by atoms with Crippen LogP contribution in [-0.4, -0.2) is 49.7 Å². The SMILES string of the molecule is CC(C)CCCOCC(O)CNC1(C)CCCOC1. The highest BCUT2D eigenvalue weighted by Crippen LogP contribution is 2.17. The molecule has 0 aliphatic carbocycles. The summed E-state index contributed by atoms with van der Waals surface area (Å²) in [6.07, 6.45) is 4.02. The van der Waals surface area contributed by atoms with E-state index in [4.69, 9.17) is 9.47 Å². The van der Waals surface area contributed by atoms with Gasteiger partial charge in [-0.3, -0.25) is 0 Å². The zero-order chi connectivity index (χ0) is 14.1.